The predicted molar refractivity (Wildman–Crippen MR) is 68.5 cm³/mol. The third kappa shape index (κ3) is 6.20. The van der Waals surface area contributed by atoms with E-state index in [1.807, 2.05) is 13.8 Å². The summed E-state index contributed by atoms with van der Waals surface area (Å²) in [5.74, 6) is 0. The van der Waals surface area contributed by atoms with E-state index in [9.17, 15) is 0 Å². The summed E-state index contributed by atoms with van der Waals surface area (Å²) in [4.78, 5) is 1.33. The molecule has 0 fully saturated rings. The summed E-state index contributed by atoms with van der Waals surface area (Å²) in [5.41, 5.74) is 11.1. The Morgan fingerprint density at radius 2 is 1.29 bits per heavy atom. The first-order chi connectivity index (χ1) is 6.45. The van der Waals surface area contributed by atoms with Gasteiger partial charge in [0.2, 0.25) is 0 Å². The maximum absolute atomic E-state index is 5.56. The molecule has 0 aliphatic rings. The van der Waals surface area contributed by atoms with E-state index in [0.717, 1.165) is 0 Å². The smallest absolute Gasteiger partial charge is 0.0921 e. The molecule has 2 atom stereocenters. The lowest BCUT2D eigenvalue weighted by atomic mass is 10.3. The van der Waals surface area contributed by atoms with E-state index in [-0.39, 0.29) is 12.1 Å². The lowest BCUT2D eigenvalue weighted by Crippen LogP contribution is -2.43. The van der Waals surface area contributed by atoms with Crippen LogP contribution in [0.5, 0.6) is 0 Å². The number of thiocarbonyl (C=S) groups is 2. The fourth-order valence-corrected chi connectivity index (χ4v) is 0.897. The van der Waals surface area contributed by atoms with E-state index in [1.54, 1.807) is 0 Å². The van der Waals surface area contributed by atoms with Crippen LogP contribution >= 0.6 is 24.4 Å². The molecule has 0 aliphatic carbocycles. The van der Waals surface area contributed by atoms with Gasteiger partial charge in [0.15, 0.2) is 0 Å². The van der Waals surface area contributed by atoms with Gasteiger partial charge in [-0.1, -0.05) is 24.4 Å². The highest BCUT2D eigenvalue weighted by atomic mass is 32.1. The molecule has 4 nitrogen and oxygen atoms in total. The van der Waals surface area contributed by atoms with Crippen molar-refractivity contribution in [2.24, 2.45) is 11.5 Å². The number of rotatable bonds is 5. The van der Waals surface area contributed by atoms with Gasteiger partial charge < -0.3 is 22.1 Å². The van der Waals surface area contributed by atoms with Crippen LogP contribution in [0.25, 0.3) is 0 Å². The lowest BCUT2D eigenvalue weighted by molar-refractivity contribution is 0.780. The first-order valence-electron chi connectivity index (χ1n) is 4.51. The molecule has 6 N–H and O–H groups in total. The Hall–Kier alpha value is -0.300. The molecule has 82 valence electrons. The van der Waals surface area contributed by atoms with E-state index in [4.69, 9.17) is 35.9 Å². The van der Waals surface area contributed by atoms with Gasteiger partial charge >= 0.3 is 0 Å². The van der Waals surface area contributed by atoms with Crippen molar-refractivity contribution in [3.8, 4) is 0 Å². The molecule has 0 amide bonds. The van der Waals surface area contributed by atoms with Crippen LogP contribution in [0, 0.1) is 0 Å². The van der Waals surface area contributed by atoms with Crippen LogP contribution in [-0.4, -0.2) is 35.2 Å². The third-order valence-electron chi connectivity index (χ3n) is 1.55. The first kappa shape index (κ1) is 13.7. The van der Waals surface area contributed by atoms with Gasteiger partial charge in [-0.15, -0.1) is 0 Å². The monoisotopic (exact) mass is 234 g/mol. The van der Waals surface area contributed by atoms with Crippen molar-refractivity contribution in [1.29, 1.82) is 0 Å². The Morgan fingerprint density at radius 1 is 1.00 bits per heavy atom. The second-order valence-corrected chi connectivity index (χ2v) is 4.04. The molecular weight excluding hydrogens is 216 g/mol. The van der Waals surface area contributed by atoms with Crippen molar-refractivity contribution in [2.75, 3.05) is 13.1 Å². The van der Waals surface area contributed by atoms with Crippen LogP contribution in [0.3, 0.4) is 0 Å². The average Bonchev–Trinajstić information content (AvgIpc) is 2.11. The molecule has 0 saturated heterocycles. The van der Waals surface area contributed by atoms with Gasteiger partial charge in [-0.2, -0.15) is 0 Å². The van der Waals surface area contributed by atoms with Crippen LogP contribution in [0.2, 0.25) is 0 Å². The summed E-state index contributed by atoms with van der Waals surface area (Å²) in [7, 11) is 0. The number of hydrogen-bond acceptors (Lipinski definition) is 4. The van der Waals surface area contributed by atoms with Crippen molar-refractivity contribution >= 4 is 34.4 Å². The molecule has 0 heterocycles. The Labute approximate surface area is 95.8 Å². The van der Waals surface area contributed by atoms with E-state index in [2.05, 4.69) is 10.6 Å². The predicted octanol–water partition coefficient (Wildman–Crippen LogP) is -0.485. The standard InChI is InChI=1S/C8H18N4S2/c1-5(9)7(13)11-3-4-12-8(14)6(2)10/h5-6H,3-4,9-10H2,1-2H3,(H,11,13)(H,12,14)/t5-,6-/m0/s1. The Bertz CT molecular complexity index is 182. The summed E-state index contributed by atoms with van der Waals surface area (Å²) >= 11 is 9.97. The molecule has 0 aliphatic heterocycles. The van der Waals surface area contributed by atoms with Crippen LogP contribution < -0.4 is 22.1 Å². The number of hydrogen-bond donors (Lipinski definition) is 4. The summed E-state index contributed by atoms with van der Waals surface area (Å²) < 4.78 is 0. The highest BCUT2D eigenvalue weighted by Crippen LogP contribution is 1.80. The molecule has 0 aromatic carbocycles. The zero-order valence-corrected chi connectivity index (χ0v) is 10.2. The van der Waals surface area contributed by atoms with Crippen LogP contribution in [0.15, 0.2) is 0 Å². The fraction of sp³-hybridized carbons (Fsp3) is 0.750. The highest BCUT2D eigenvalue weighted by molar-refractivity contribution is 7.80. The Kier molecular flexibility index (Phi) is 6.90. The van der Waals surface area contributed by atoms with Crippen molar-refractivity contribution in [3.05, 3.63) is 0 Å². The van der Waals surface area contributed by atoms with Crippen molar-refractivity contribution in [3.63, 3.8) is 0 Å². The van der Waals surface area contributed by atoms with E-state index in [1.165, 1.54) is 0 Å². The second-order valence-electron chi connectivity index (χ2n) is 3.16. The molecule has 0 aromatic heterocycles. The summed E-state index contributed by atoms with van der Waals surface area (Å²) in [5, 5.41) is 6.04. The maximum atomic E-state index is 5.56. The minimum absolute atomic E-state index is 0.106. The summed E-state index contributed by atoms with van der Waals surface area (Å²) in [6.07, 6.45) is 0. The van der Waals surface area contributed by atoms with E-state index >= 15 is 0 Å². The average molecular weight is 234 g/mol. The van der Waals surface area contributed by atoms with E-state index < -0.39 is 0 Å². The van der Waals surface area contributed by atoms with Gasteiger partial charge in [0.05, 0.1) is 22.1 Å². The van der Waals surface area contributed by atoms with Gasteiger partial charge in [0.25, 0.3) is 0 Å². The SMILES string of the molecule is C[C@H](N)C(=S)NCCNC(=S)[C@H](C)N. The molecule has 14 heavy (non-hydrogen) atoms. The van der Waals surface area contributed by atoms with Gasteiger partial charge in [0, 0.05) is 13.1 Å². The van der Waals surface area contributed by atoms with Crippen LogP contribution in [0.4, 0.5) is 0 Å². The topological polar surface area (TPSA) is 76.1 Å². The van der Waals surface area contributed by atoms with Crippen LogP contribution in [-0.2, 0) is 0 Å². The Morgan fingerprint density at radius 3 is 1.50 bits per heavy atom. The molecule has 0 aromatic rings. The minimum atomic E-state index is -0.106. The Balaban J connectivity index is 3.48. The largest absolute Gasteiger partial charge is 0.377 e. The summed E-state index contributed by atoms with van der Waals surface area (Å²) in [6.45, 7) is 5.09. The normalized spacial score (nSPS) is 14.3. The van der Waals surface area contributed by atoms with Crippen molar-refractivity contribution in [2.45, 2.75) is 25.9 Å². The molecule has 0 unspecified atom stereocenters. The van der Waals surface area contributed by atoms with Gasteiger partial charge in [-0.3, -0.25) is 0 Å². The second kappa shape index (κ2) is 7.05. The van der Waals surface area contributed by atoms with Crippen molar-refractivity contribution < 1.29 is 0 Å². The molecular formula is C8H18N4S2. The minimum Gasteiger partial charge on any atom is -0.377 e. The quantitative estimate of drug-likeness (QED) is 0.380. The molecule has 0 radical (unpaired) electrons. The van der Waals surface area contributed by atoms with Crippen LogP contribution in [0.1, 0.15) is 13.8 Å². The zero-order chi connectivity index (χ0) is 11.1. The maximum Gasteiger partial charge on any atom is 0.0921 e. The molecule has 0 saturated carbocycles. The molecule has 0 spiro atoms. The van der Waals surface area contributed by atoms with Crippen molar-refractivity contribution in [1.82, 2.24) is 10.6 Å². The van der Waals surface area contributed by atoms with Gasteiger partial charge in [-0.05, 0) is 13.8 Å². The number of nitrogens with two attached hydrogens (primary N) is 2. The molecule has 6 heteroatoms. The lowest BCUT2D eigenvalue weighted by Gasteiger charge is -2.13. The van der Waals surface area contributed by atoms with E-state index in [0.29, 0.717) is 23.1 Å². The van der Waals surface area contributed by atoms with Gasteiger partial charge in [0.1, 0.15) is 0 Å². The third-order valence-corrected chi connectivity index (χ3v) is 2.58. The highest BCUT2D eigenvalue weighted by Gasteiger charge is 2.02. The molecule has 0 rings (SSSR count). The fourth-order valence-electron chi connectivity index (χ4n) is 0.693. The number of nitrogens with one attached hydrogen (secondary N) is 2. The van der Waals surface area contributed by atoms with Gasteiger partial charge in [-0.25, -0.2) is 0 Å². The zero-order valence-electron chi connectivity index (χ0n) is 8.54. The molecule has 0 bridgehead atoms. The first-order valence-corrected chi connectivity index (χ1v) is 5.33. The summed E-state index contributed by atoms with van der Waals surface area (Å²) in [6, 6.07) is -0.212.